The summed E-state index contributed by atoms with van der Waals surface area (Å²) in [6.45, 7) is 0.255. The quantitative estimate of drug-likeness (QED) is 0.753. The van der Waals surface area contributed by atoms with Gasteiger partial charge in [0.2, 0.25) is 0 Å². The van der Waals surface area contributed by atoms with Crippen LogP contribution in [-0.2, 0) is 11.4 Å². The summed E-state index contributed by atoms with van der Waals surface area (Å²) in [7, 11) is 0. The van der Waals surface area contributed by atoms with E-state index >= 15 is 0 Å². The molecule has 1 aromatic heterocycles. The second-order valence-corrected chi connectivity index (χ2v) is 3.08. The van der Waals surface area contributed by atoms with Gasteiger partial charge in [0.05, 0.1) is 5.02 Å². The van der Waals surface area contributed by atoms with Gasteiger partial charge in [0, 0.05) is 5.39 Å². The Hall–Kier alpha value is -1.03. The van der Waals surface area contributed by atoms with E-state index in [2.05, 4.69) is 4.84 Å². The van der Waals surface area contributed by atoms with E-state index < -0.39 is 0 Å². The molecule has 68 valence electrons. The average Bonchev–Trinajstić information content (AvgIpc) is 2.49. The summed E-state index contributed by atoms with van der Waals surface area (Å²) >= 11 is 5.94. The number of hydrogen-bond acceptors (Lipinski definition) is 3. The molecular formula is C9H8ClNO2. The van der Waals surface area contributed by atoms with Gasteiger partial charge in [0.1, 0.15) is 18.0 Å². The Bertz CT molecular complexity index is 424. The van der Waals surface area contributed by atoms with Crippen LogP contribution in [0.3, 0.4) is 0 Å². The van der Waals surface area contributed by atoms with E-state index in [0.717, 1.165) is 11.0 Å². The maximum absolute atomic E-state index is 5.94. The number of halogens is 1. The number of hydrogen-bond donors (Lipinski definition) is 1. The van der Waals surface area contributed by atoms with E-state index in [4.69, 9.17) is 21.9 Å². The van der Waals surface area contributed by atoms with Gasteiger partial charge in [0.25, 0.3) is 0 Å². The molecule has 1 aromatic carbocycles. The van der Waals surface area contributed by atoms with Crippen LogP contribution in [0, 0.1) is 0 Å². The summed E-state index contributed by atoms with van der Waals surface area (Å²) in [4.78, 5) is 4.46. The maximum Gasteiger partial charge on any atom is 0.135 e. The van der Waals surface area contributed by atoms with Crippen molar-refractivity contribution in [2.24, 2.45) is 5.90 Å². The minimum absolute atomic E-state index is 0.255. The van der Waals surface area contributed by atoms with Crippen molar-refractivity contribution in [1.29, 1.82) is 0 Å². The zero-order valence-corrected chi connectivity index (χ0v) is 7.54. The number of rotatable bonds is 2. The molecule has 0 aliphatic carbocycles. The van der Waals surface area contributed by atoms with E-state index in [-0.39, 0.29) is 6.61 Å². The fraction of sp³-hybridized carbons (Fsp3) is 0.111. The first kappa shape index (κ1) is 8.56. The number of furan rings is 1. The monoisotopic (exact) mass is 197 g/mol. The van der Waals surface area contributed by atoms with Crippen molar-refractivity contribution >= 4 is 22.6 Å². The molecule has 1 heterocycles. The summed E-state index contributed by atoms with van der Waals surface area (Å²) < 4.78 is 5.40. The molecule has 2 rings (SSSR count). The Morgan fingerprint density at radius 2 is 2.31 bits per heavy atom. The topological polar surface area (TPSA) is 48.4 Å². The van der Waals surface area contributed by atoms with Crippen LogP contribution in [0.5, 0.6) is 0 Å². The second-order valence-electron chi connectivity index (χ2n) is 2.68. The minimum Gasteiger partial charge on any atom is -0.458 e. The van der Waals surface area contributed by atoms with Crippen molar-refractivity contribution in [3.63, 3.8) is 0 Å². The molecule has 0 spiro atoms. The highest BCUT2D eigenvalue weighted by Crippen LogP contribution is 2.26. The highest BCUT2D eigenvalue weighted by atomic mass is 35.5. The van der Waals surface area contributed by atoms with Crippen LogP contribution in [0.4, 0.5) is 0 Å². The van der Waals surface area contributed by atoms with Crippen molar-refractivity contribution < 1.29 is 9.25 Å². The van der Waals surface area contributed by atoms with Gasteiger partial charge in [-0.2, -0.15) is 0 Å². The Kier molecular flexibility index (Phi) is 2.22. The molecule has 2 N–H and O–H groups in total. The largest absolute Gasteiger partial charge is 0.458 e. The molecule has 0 aliphatic heterocycles. The Labute approximate surface area is 80.0 Å². The molecule has 3 nitrogen and oxygen atoms in total. The Morgan fingerprint density at radius 3 is 3.00 bits per heavy atom. The first-order valence-corrected chi connectivity index (χ1v) is 4.17. The predicted octanol–water partition coefficient (Wildman–Crippen LogP) is 2.48. The van der Waals surface area contributed by atoms with Crippen molar-refractivity contribution in [2.45, 2.75) is 6.61 Å². The van der Waals surface area contributed by atoms with Crippen LogP contribution in [0.15, 0.2) is 28.7 Å². The smallest absolute Gasteiger partial charge is 0.135 e. The van der Waals surface area contributed by atoms with Crippen LogP contribution in [-0.4, -0.2) is 0 Å². The molecule has 0 radical (unpaired) electrons. The van der Waals surface area contributed by atoms with Crippen LogP contribution >= 0.6 is 11.6 Å². The third kappa shape index (κ3) is 1.54. The maximum atomic E-state index is 5.94. The number of fused-ring (bicyclic) bond motifs is 1. The highest BCUT2D eigenvalue weighted by Gasteiger charge is 2.05. The molecule has 0 saturated carbocycles. The standard InChI is InChI=1S/C9H8ClNO2/c10-8-2-1-3-9-7(8)4-6(13-9)5-12-11/h1-4H,5,11H2. The predicted molar refractivity (Wildman–Crippen MR) is 50.2 cm³/mol. The van der Waals surface area contributed by atoms with Gasteiger partial charge in [-0.1, -0.05) is 17.7 Å². The van der Waals surface area contributed by atoms with Crippen molar-refractivity contribution in [3.8, 4) is 0 Å². The fourth-order valence-corrected chi connectivity index (χ4v) is 1.45. The van der Waals surface area contributed by atoms with Crippen LogP contribution in [0.2, 0.25) is 5.02 Å². The summed E-state index contributed by atoms with van der Waals surface area (Å²) in [5, 5.41) is 1.56. The number of benzene rings is 1. The molecule has 0 atom stereocenters. The first-order chi connectivity index (χ1) is 6.31. The average molecular weight is 198 g/mol. The van der Waals surface area contributed by atoms with Gasteiger partial charge in [-0.05, 0) is 18.2 Å². The Morgan fingerprint density at radius 1 is 1.46 bits per heavy atom. The molecule has 13 heavy (non-hydrogen) atoms. The van der Waals surface area contributed by atoms with Crippen molar-refractivity contribution in [1.82, 2.24) is 0 Å². The van der Waals surface area contributed by atoms with E-state index in [1.165, 1.54) is 0 Å². The van der Waals surface area contributed by atoms with Crippen LogP contribution in [0.25, 0.3) is 11.0 Å². The number of nitrogens with two attached hydrogens (primary N) is 1. The lowest BCUT2D eigenvalue weighted by molar-refractivity contribution is 0.110. The van der Waals surface area contributed by atoms with Gasteiger partial charge < -0.3 is 4.42 Å². The molecule has 0 saturated heterocycles. The van der Waals surface area contributed by atoms with Gasteiger partial charge in [0.15, 0.2) is 0 Å². The van der Waals surface area contributed by atoms with Crippen LogP contribution in [0.1, 0.15) is 5.76 Å². The lowest BCUT2D eigenvalue weighted by Gasteiger charge is -1.89. The van der Waals surface area contributed by atoms with Crippen molar-refractivity contribution in [2.75, 3.05) is 0 Å². The van der Waals surface area contributed by atoms with E-state index in [1.807, 2.05) is 24.3 Å². The highest BCUT2D eigenvalue weighted by molar-refractivity contribution is 6.35. The third-order valence-electron chi connectivity index (χ3n) is 1.78. The fourth-order valence-electron chi connectivity index (χ4n) is 1.23. The van der Waals surface area contributed by atoms with Gasteiger partial charge >= 0.3 is 0 Å². The molecule has 0 fully saturated rings. The third-order valence-corrected chi connectivity index (χ3v) is 2.11. The summed E-state index contributed by atoms with van der Waals surface area (Å²) in [6, 6.07) is 7.32. The van der Waals surface area contributed by atoms with Gasteiger partial charge in [-0.25, -0.2) is 5.90 Å². The normalized spacial score (nSPS) is 10.9. The van der Waals surface area contributed by atoms with Gasteiger partial charge in [-0.3, -0.25) is 4.84 Å². The zero-order chi connectivity index (χ0) is 9.26. The summed E-state index contributed by atoms with van der Waals surface area (Å²) in [6.07, 6.45) is 0. The van der Waals surface area contributed by atoms with Gasteiger partial charge in [-0.15, -0.1) is 0 Å². The lowest BCUT2D eigenvalue weighted by atomic mass is 10.2. The molecular weight excluding hydrogens is 190 g/mol. The first-order valence-electron chi connectivity index (χ1n) is 3.80. The molecule has 2 aromatic rings. The van der Waals surface area contributed by atoms with E-state index in [1.54, 1.807) is 0 Å². The second kappa shape index (κ2) is 3.38. The minimum atomic E-state index is 0.255. The molecule has 0 amide bonds. The molecule has 0 unspecified atom stereocenters. The summed E-state index contributed by atoms with van der Waals surface area (Å²) in [5.74, 6) is 5.60. The van der Waals surface area contributed by atoms with Crippen molar-refractivity contribution in [3.05, 3.63) is 35.0 Å². The van der Waals surface area contributed by atoms with E-state index in [9.17, 15) is 0 Å². The molecule has 4 heteroatoms. The molecule has 0 aliphatic rings. The lowest BCUT2D eigenvalue weighted by Crippen LogP contribution is -1.96. The van der Waals surface area contributed by atoms with E-state index in [0.29, 0.717) is 10.8 Å². The SMILES string of the molecule is NOCc1cc2c(Cl)cccc2o1. The zero-order valence-electron chi connectivity index (χ0n) is 6.79. The Balaban J connectivity index is 2.55. The molecule has 0 bridgehead atoms. The van der Waals surface area contributed by atoms with Crippen LogP contribution < -0.4 is 5.90 Å². The summed E-state index contributed by atoms with van der Waals surface area (Å²) in [5.41, 5.74) is 0.750.